The van der Waals surface area contributed by atoms with Gasteiger partial charge in [0.15, 0.2) is 5.13 Å². The van der Waals surface area contributed by atoms with Crippen molar-refractivity contribution in [2.45, 2.75) is 39.7 Å². The highest BCUT2D eigenvalue weighted by Crippen LogP contribution is 2.25. The van der Waals surface area contributed by atoms with Crippen molar-refractivity contribution in [3.8, 4) is 5.69 Å². The molecular formula is C21H22N4O3S. The number of aryl methyl sites for hydroxylation is 1. The molecule has 1 amide bonds. The van der Waals surface area contributed by atoms with Crippen LogP contribution in [-0.4, -0.2) is 33.2 Å². The lowest BCUT2D eigenvalue weighted by atomic mass is 10.2. The molecule has 8 heteroatoms. The van der Waals surface area contributed by atoms with E-state index in [1.807, 2.05) is 54.2 Å². The molecule has 4 rings (SSSR count). The van der Waals surface area contributed by atoms with Gasteiger partial charge in [0, 0.05) is 29.6 Å². The van der Waals surface area contributed by atoms with Gasteiger partial charge in [-0.1, -0.05) is 18.2 Å². The number of amides is 1. The van der Waals surface area contributed by atoms with E-state index in [9.17, 15) is 9.59 Å². The first-order valence-corrected chi connectivity index (χ1v) is 10.4. The van der Waals surface area contributed by atoms with Crippen molar-refractivity contribution in [1.82, 2.24) is 14.8 Å². The molecule has 1 aliphatic rings. The van der Waals surface area contributed by atoms with Gasteiger partial charge in [-0.15, -0.1) is 11.3 Å². The Morgan fingerprint density at radius 2 is 2.03 bits per heavy atom. The standard InChI is InChI=1S/C21H22N4O3S/c1-14-18(15(2)25(23-14)17-7-4-3-5-8-17)12-28-20(27)11-16-13-29-21(22-16)24-10-6-9-19(24)26/h3-5,7-8,13H,6,9-12H2,1-2H3. The van der Waals surface area contributed by atoms with E-state index in [0.717, 1.165) is 29.1 Å². The minimum absolute atomic E-state index is 0.0868. The van der Waals surface area contributed by atoms with E-state index in [0.29, 0.717) is 23.8 Å². The van der Waals surface area contributed by atoms with Crippen LogP contribution in [0.3, 0.4) is 0 Å². The number of thiazole rings is 1. The zero-order valence-corrected chi connectivity index (χ0v) is 17.2. The number of anilines is 1. The second-order valence-electron chi connectivity index (χ2n) is 7.00. The van der Waals surface area contributed by atoms with Gasteiger partial charge in [-0.25, -0.2) is 9.67 Å². The van der Waals surface area contributed by atoms with Crippen LogP contribution in [0, 0.1) is 13.8 Å². The number of nitrogens with zero attached hydrogens (tertiary/aromatic N) is 4. The van der Waals surface area contributed by atoms with Gasteiger partial charge >= 0.3 is 5.97 Å². The second kappa shape index (κ2) is 8.16. The minimum Gasteiger partial charge on any atom is -0.460 e. The van der Waals surface area contributed by atoms with Gasteiger partial charge in [-0.2, -0.15) is 5.10 Å². The third-order valence-corrected chi connectivity index (χ3v) is 5.90. The quantitative estimate of drug-likeness (QED) is 0.583. The summed E-state index contributed by atoms with van der Waals surface area (Å²) in [6, 6.07) is 9.86. The number of carbonyl (C=O) groups is 2. The summed E-state index contributed by atoms with van der Waals surface area (Å²) in [4.78, 5) is 30.2. The van der Waals surface area contributed by atoms with Gasteiger partial charge in [-0.05, 0) is 32.4 Å². The Kier molecular flexibility index (Phi) is 5.44. The van der Waals surface area contributed by atoms with Gasteiger partial charge in [0.1, 0.15) is 6.61 Å². The molecule has 29 heavy (non-hydrogen) atoms. The van der Waals surface area contributed by atoms with E-state index in [2.05, 4.69) is 10.1 Å². The summed E-state index contributed by atoms with van der Waals surface area (Å²) < 4.78 is 7.35. The summed E-state index contributed by atoms with van der Waals surface area (Å²) in [5.74, 6) is -0.254. The van der Waals surface area contributed by atoms with Crippen molar-refractivity contribution in [1.29, 1.82) is 0 Å². The van der Waals surface area contributed by atoms with Crippen molar-refractivity contribution in [3.63, 3.8) is 0 Å². The summed E-state index contributed by atoms with van der Waals surface area (Å²) in [6.07, 6.45) is 1.50. The average molecular weight is 410 g/mol. The van der Waals surface area contributed by atoms with Crippen molar-refractivity contribution in [3.05, 3.63) is 58.4 Å². The van der Waals surface area contributed by atoms with E-state index in [1.165, 1.54) is 11.3 Å². The molecule has 150 valence electrons. The van der Waals surface area contributed by atoms with Crippen molar-refractivity contribution in [2.75, 3.05) is 11.4 Å². The Hall–Kier alpha value is -3.00. The average Bonchev–Trinajstić information content (AvgIpc) is 3.41. The molecular weight excluding hydrogens is 388 g/mol. The van der Waals surface area contributed by atoms with Crippen LogP contribution in [0.5, 0.6) is 0 Å². The van der Waals surface area contributed by atoms with Gasteiger partial charge < -0.3 is 4.74 Å². The lowest BCUT2D eigenvalue weighted by Crippen LogP contribution is -2.23. The molecule has 0 radical (unpaired) electrons. The van der Waals surface area contributed by atoms with E-state index < -0.39 is 0 Å². The third kappa shape index (κ3) is 4.07. The third-order valence-electron chi connectivity index (χ3n) is 4.99. The molecule has 0 spiro atoms. The molecule has 3 heterocycles. The highest BCUT2D eigenvalue weighted by atomic mass is 32.1. The molecule has 7 nitrogen and oxygen atoms in total. The van der Waals surface area contributed by atoms with Gasteiger partial charge in [0.2, 0.25) is 5.91 Å². The molecule has 1 aliphatic heterocycles. The van der Waals surface area contributed by atoms with Crippen molar-refractivity contribution < 1.29 is 14.3 Å². The molecule has 0 unspecified atom stereocenters. The smallest absolute Gasteiger partial charge is 0.312 e. The molecule has 1 fully saturated rings. The van der Waals surface area contributed by atoms with Gasteiger partial charge in [0.05, 0.1) is 23.5 Å². The Morgan fingerprint density at radius 1 is 1.24 bits per heavy atom. The lowest BCUT2D eigenvalue weighted by Gasteiger charge is -2.10. The van der Waals surface area contributed by atoms with E-state index in [1.54, 1.807) is 4.90 Å². The van der Waals surface area contributed by atoms with E-state index in [-0.39, 0.29) is 24.9 Å². The number of benzene rings is 1. The highest BCUT2D eigenvalue weighted by molar-refractivity contribution is 7.14. The number of hydrogen-bond donors (Lipinski definition) is 0. The number of aromatic nitrogens is 3. The maximum atomic E-state index is 12.3. The number of carbonyl (C=O) groups excluding carboxylic acids is 2. The lowest BCUT2D eigenvalue weighted by molar-refractivity contribution is -0.144. The monoisotopic (exact) mass is 410 g/mol. The van der Waals surface area contributed by atoms with E-state index in [4.69, 9.17) is 4.74 Å². The van der Waals surface area contributed by atoms with Crippen molar-refractivity contribution in [2.24, 2.45) is 0 Å². The SMILES string of the molecule is Cc1nn(-c2ccccc2)c(C)c1COC(=O)Cc1csc(N2CCCC2=O)n1. The van der Waals surface area contributed by atoms with Crippen LogP contribution in [0.2, 0.25) is 0 Å². The normalized spacial score (nSPS) is 13.9. The zero-order chi connectivity index (χ0) is 20.4. The van der Waals surface area contributed by atoms with Crippen LogP contribution in [0.4, 0.5) is 5.13 Å². The first-order chi connectivity index (χ1) is 14.0. The zero-order valence-electron chi connectivity index (χ0n) is 16.4. The molecule has 0 saturated carbocycles. The Morgan fingerprint density at radius 3 is 2.76 bits per heavy atom. The molecule has 2 aromatic heterocycles. The molecule has 0 aliphatic carbocycles. The number of esters is 1. The molecule has 0 bridgehead atoms. The number of para-hydroxylation sites is 1. The van der Waals surface area contributed by atoms with Crippen LogP contribution in [-0.2, 0) is 27.4 Å². The van der Waals surface area contributed by atoms with Crippen LogP contribution in [0.1, 0.15) is 35.5 Å². The van der Waals surface area contributed by atoms with Crippen LogP contribution in [0.15, 0.2) is 35.7 Å². The summed E-state index contributed by atoms with van der Waals surface area (Å²) >= 11 is 1.39. The predicted molar refractivity (Wildman–Crippen MR) is 110 cm³/mol. The molecule has 0 atom stereocenters. The maximum absolute atomic E-state index is 12.3. The molecule has 0 N–H and O–H groups in total. The molecule has 3 aromatic rings. The van der Waals surface area contributed by atoms with E-state index >= 15 is 0 Å². The van der Waals surface area contributed by atoms with Crippen LogP contribution in [0.25, 0.3) is 5.69 Å². The fourth-order valence-electron chi connectivity index (χ4n) is 3.41. The summed E-state index contributed by atoms with van der Waals surface area (Å²) in [6.45, 7) is 4.75. The first kappa shape index (κ1) is 19.3. The van der Waals surface area contributed by atoms with Gasteiger partial charge in [0.25, 0.3) is 0 Å². The highest BCUT2D eigenvalue weighted by Gasteiger charge is 2.24. The maximum Gasteiger partial charge on any atom is 0.312 e. The number of rotatable bonds is 6. The Bertz CT molecular complexity index is 1040. The number of ether oxygens (including phenoxy) is 1. The largest absolute Gasteiger partial charge is 0.460 e. The minimum atomic E-state index is -0.346. The number of hydrogen-bond acceptors (Lipinski definition) is 6. The summed E-state index contributed by atoms with van der Waals surface area (Å²) in [7, 11) is 0. The summed E-state index contributed by atoms with van der Waals surface area (Å²) in [5, 5.41) is 7.04. The van der Waals surface area contributed by atoms with Crippen LogP contribution >= 0.6 is 11.3 Å². The van der Waals surface area contributed by atoms with Gasteiger partial charge in [-0.3, -0.25) is 14.5 Å². The predicted octanol–water partition coefficient (Wildman–Crippen LogP) is 3.36. The molecule has 1 saturated heterocycles. The topological polar surface area (TPSA) is 77.3 Å². The Labute approximate surface area is 172 Å². The Balaban J connectivity index is 1.39. The van der Waals surface area contributed by atoms with Crippen molar-refractivity contribution >= 4 is 28.3 Å². The second-order valence-corrected chi connectivity index (χ2v) is 7.84. The van der Waals surface area contributed by atoms with Crippen LogP contribution < -0.4 is 4.90 Å². The fraction of sp³-hybridized carbons (Fsp3) is 0.333. The summed E-state index contributed by atoms with van der Waals surface area (Å²) in [5.41, 5.74) is 4.29. The molecule has 1 aromatic carbocycles. The first-order valence-electron chi connectivity index (χ1n) is 9.54. The fourth-order valence-corrected chi connectivity index (χ4v) is 4.28.